The Hall–Kier alpha value is -2.14. The zero-order valence-corrected chi connectivity index (χ0v) is 13.8. The summed E-state index contributed by atoms with van der Waals surface area (Å²) in [7, 11) is 0. The number of carbonyl (C=O) groups excluding carboxylic acids is 1. The van der Waals surface area contributed by atoms with Gasteiger partial charge in [-0.2, -0.15) is 0 Å². The van der Waals surface area contributed by atoms with Gasteiger partial charge in [0.1, 0.15) is 5.41 Å². The molecular formula is C18H19NO3S. The Morgan fingerprint density at radius 1 is 1.26 bits per heavy atom. The van der Waals surface area contributed by atoms with Crippen LogP contribution in [0.25, 0.3) is 0 Å². The predicted octanol–water partition coefficient (Wildman–Crippen LogP) is 3.01. The standard InChI is InChI=1S/C18H19NO3S/c1-18(17(21)22,13-7-3-2-4-8-13)11-19-16(20)15-10-12-6-5-9-14(12)23-15/h2-4,7-8,10H,5-6,9,11H2,1H3,(H,19,20)(H,21,22). The Morgan fingerprint density at radius 2 is 2.00 bits per heavy atom. The number of hydrogen-bond acceptors (Lipinski definition) is 3. The molecule has 1 aromatic carbocycles. The van der Waals surface area contributed by atoms with E-state index in [2.05, 4.69) is 5.32 Å². The Morgan fingerprint density at radius 3 is 2.65 bits per heavy atom. The van der Waals surface area contributed by atoms with Gasteiger partial charge in [-0.25, -0.2) is 0 Å². The van der Waals surface area contributed by atoms with Crippen LogP contribution in [0.4, 0.5) is 0 Å². The number of aryl methyl sites for hydroxylation is 2. The first kappa shape index (κ1) is 15.7. The number of thiophene rings is 1. The van der Waals surface area contributed by atoms with Crippen molar-refractivity contribution in [3.05, 3.63) is 57.3 Å². The van der Waals surface area contributed by atoms with Crippen LogP contribution in [0.15, 0.2) is 36.4 Å². The molecule has 1 amide bonds. The smallest absolute Gasteiger partial charge is 0.315 e. The Balaban J connectivity index is 1.74. The van der Waals surface area contributed by atoms with Crippen LogP contribution >= 0.6 is 11.3 Å². The molecule has 0 saturated carbocycles. The monoisotopic (exact) mass is 329 g/mol. The fraction of sp³-hybridized carbons (Fsp3) is 0.333. The lowest BCUT2D eigenvalue weighted by Gasteiger charge is -2.25. The third-order valence-electron chi connectivity index (χ3n) is 4.46. The van der Waals surface area contributed by atoms with Crippen LogP contribution < -0.4 is 5.32 Å². The molecule has 1 aliphatic rings. The van der Waals surface area contributed by atoms with Crippen molar-refractivity contribution in [2.24, 2.45) is 0 Å². The summed E-state index contributed by atoms with van der Waals surface area (Å²) in [5.41, 5.74) is 0.808. The van der Waals surface area contributed by atoms with Gasteiger partial charge in [-0.1, -0.05) is 30.3 Å². The van der Waals surface area contributed by atoms with Crippen LogP contribution in [-0.4, -0.2) is 23.5 Å². The second-order valence-corrected chi connectivity index (χ2v) is 7.24. The maximum absolute atomic E-state index is 12.4. The average molecular weight is 329 g/mol. The third kappa shape index (κ3) is 3.01. The van der Waals surface area contributed by atoms with Crippen molar-refractivity contribution in [1.82, 2.24) is 5.32 Å². The first-order chi connectivity index (χ1) is 11.0. The maximum Gasteiger partial charge on any atom is 0.315 e. The summed E-state index contributed by atoms with van der Waals surface area (Å²) in [6.45, 7) is 1.70. The fourth-order valence-electron chi connectivity index (χ4n) is 2.89. The molecule has 1 aliphatic carbocycles. The van der Waals surface area contributed by atoms with E-state index < -0.39 is 11.4 Å². The molecule has 5 heteroatoms. The highest BCUT2D eigenvalue weighted by Gasteiger charge is 2.35. The van der Waals surface area contributed by atoms with Gasteiger partial charge in [0.2, 0.25) is 0 Å². The fourth-order valence-corrected chi connectivity index (χ4v) is 4.06. The maximum atomic E-state index is 12.4. The molecule has 1 aromatic heterocycles. The van der Waals surface area contributed by atoms with Crippen molar-refractivity contribution in [2.45, 2.75) is 31.6 Å². The lowest BCUT2D eigenvalue weighted by atomic mass is 9.82. The summed E-state index contributed by atoms with van der Waals surface area (Å²) in [6, 6.07) is 11.0. The van der Waals surface area contributed by atoms with Gasteiger partial charge < -0.3 is 10.4 Å². The molecule has 0 radical (unpaired) electrons. The van der Waals surface area contributed by atoms with Gasteiger partial charge in [0.05, 0.1) is 4.88 Å². The number of carboxylic acids is 1. The molecule has 0 fully saturated rings. The number of nitrogens with one attached hydrogen (secondary N) is 1. The summed E-state index contributed by atoms with van der Waals surface area (Å²) in [5, 5.41) is 12.4. The summed E-state index contributed by atoms with van der Waals surface area (Å²) in [5.74, 6) is -1.13. The first-order valence-electron chi connectivity index (χ1n) is 7.69. The van der Waals surface area contributed by atoms with Gasteiger partial charge in [0.25, 0.3) is 5.91 Å². The molecule has 4 nitrogen and oxygen atoms in total. The molecule has 120 valence electrons. The molecule has 1 atom stereocenters. The first-order valence-corrected chi connectivity index (χ1v) is 8.51. The van der Waals surface area contributed by atoms with Crippen LogP contribution in [0.2, 0.25) is 0 Å². The van der Waals surface area contributed by atoms with E-state index in [4.69, 9.17) is 0 Å². The largest absolute Gasteiger partial charge is 0.481 e. The quantitative estimate of drug-likeness (QED) is 0.886. The average Bonchev–Trinajstić information content (AvgIpc) is 3.14. The predicted molar refractivity (Wildman–Crippen MR) is 90.1 cm³/mol. The second-order valence-electron chi connectivity index (χ2n) is 6.10. The Kier molecular flexibility index (Phi) is 4.22. The van der Waals surface area contributed by atoms with Crippen LogP contribution in [0.5, 0.6) is 0 Å². The second kappa shape index (κ2) is 6.16. The van der Waals surface area contributed by atoms with Gasteiger partial charge in [-0.3, -0.25) is 9.59 Å². The number of hydrogen-bond donors (Lipinski definition) is 2. The number of fused-ring (bicyclic) bond motifs is 1. The molecule has 1 unspecified atom stereocenters. The summed E-state index contributed by atoms with van der Waals surface area (Å²) in [6.07, 6.45) is 3.24. The number of carbonyl (C=O) groups is 2. The van der Waals surface area contributed by atoms with Crippen LogP contribution in [0.1, 0.15) is 39.0 Å². The van der Waals surface area contributed by atoms with Crippen molar-refractivity contribution >= 4 is 23.2 Å². The van der Waals surface area contributed by atoms with E-state index >= 15 is 0 Å². The molecule has 3 rings (SSSR count). The van der Waals surface area contributed by atoms with Gasteiger partial charge in [-0.05, 0) is 43.4 Å². The molecule has 2 N–H and O–H groups in total. The van der Waals surface area contributed by atoms with E-state index in [1.165, 1.54) is 21.8 Å². The van der Waals surface area contributed by atoms with Crippen molar-refractivity contribution in [3.63, 3.8) is 0 Å². The Labute approximate surface area is 139 Å². The van der Waals surface area contributed by atoms with Crippen molar-refractivity contribution in [1.29, 1.82) is 0 Å². The SMILES string of the molecule is CC(CNC(=O)c1cc2c(s1)CCC2)(C(=O)O)c1ccccc1. The number of aliphatic carboxylic acids is 1. The zero-order valence-electron chi connectivity index (χ0n) is 13.0. The van der Waals surface area contributed by atoms with Crippen molar-refractivity contribution in [3.8, 4) is 0 Å². The molecule has 23 heavy (non-hydrogen) atoms. The number of rotatable bonds is 5. The topological polar surface area (TPSA) is 66.4 Å². The molecule has 0 aliphatic heterocycles. The lowest BCUT2D eigenvalue weighted by Crippen LogP contribution is -2.44. The highest BCUT2D eigenvalue weighted by atomic mass is 32.1. The van der Waals surface area contributed by atoms with Gasteiger partial charge >= 0.3 is 5.97 Å². The van der Waals surface area contributed by atoms with E-state index in [9.17, 15) is 14.7 Å². The van der Waals surface area contributed by atoms with Crippen LogP contribution in [-0.2, 0) is 23.1 Å². The third-order valence-corrected chi connectivity index (χ3v) is 5.69. The van der Waals surface area contributed by atoms with Gasteiger partial charge in [-0.15, -0.1) is 11.3 Å². The number of benzene rings is 1. The Bertz CT molecular complexity index is 716. The van der Waals surface area contributed by atoms with Gasteiger partial charge in [0.15, 0.2) is 0 Å². The highest BCUT2D eigenvalue weighted by Crippen LogP contribution is 2.31. The summed E-state index contributed by atoms with van der Waals surface area (Å²) >= 11 is 1.53. The summed E-state index contributed by atoms with van der Waals surface area (Å²) in [4.78, 5) is 26.1. The molecule has 0 spiro atoms. The van der Waals surface area contributed by atoms with Crippen molar-refractivity contribution in [2.75, 3.05) is 6.54 Å². The minimum Gasteiger partial charge on any atom is -0.481 e. The lowest BCUT2D eigenvalue weighted by molar-refractivity contribution is -0.142. The highest BCUT2D eigenvalue weighted by molar-refractivity contribution is 7.14. The molecule has 1 heterocycles. The molecular weight excluding hydrogens is 310 g/mol. The number of amides is 1. The van der Waals surface area contributed by atoms with Crippen molar-refractivity contribution < 1.29 is 14.7 Å². The zero-order chi connectivity index (χ0) is 16.4. The van der Waals surface area contributed by atoms with E-state index in [-0.39, 0.29) is 12.5 Å². The summed E-state index contributed by atoms with van der Waals surface area (Å²) < 4.78 is 0. The molecule has 0 saturated heterocycles. The normalized spacial score (nSPS) is 15.7. The van der Waals surface area contributed by atoms with E-state index in [1.807, 2.05) is 24.3 Å². The molecule has 2 aromatic rings. The van der Waals surface area contributed by atoms with E-state index in [1.54, 1.807) is 19.1 Å². The van der Waals surface area contributed by atoms with Crippen LogP contribution in [0, 0.1) is 0 Å². The van der Waals surface area contributed by atoms with Gasteiger partial charge in [0, 0.05) is 11.4 Å². The molecule has 0 bridgehead atoms. The minimum absolute atomic E-state index is 0.0632. The van der Waals surface area contributed by atoms with E-state index in [0.717, 1.165) is 19.3 Å². The minimum atomic E-state index is -1.14. The number of carboxylic acid groups (broad SMARTS) is 1. The van der Waals surface area contributed by atoms with Crippen LogP contribution in [0.3, 0.4) is 0 Å². The van der Waals surface area contributed by atoms with E-state index in [0.29, 0.717) is 10.4 Å².